The first-order valence-electron chi connectivity index (χ1n) is 5.64. The van der Waals surface area contributed by atoms with Gasteiger partial charge in [-0.15, -0.1) is 0 Å². The van der Waals surface area contributed by atoms with Gasteiger partial charge in [-0.25, -0.2) is 0 Å². The lowest BCUT2D eigenvalue weighted by Gasteiger charge is -2.17. The van der Waals surface area contributed by atoms with Gasteiger partial charge in [0.2, 0.25) is 0 Å². The summed E-state index contributed by atoms with van der Waals surface area (Å²) >= 11 is 0. The molecule has 0 spiro atoms. The van der Waals surface area contributed by atoms with Crippen LogP contribution in [0.15, 0.2) is 6.20 Å². The molecule has 1 atom stereocenters. The Labute approximate surface area is 101 Å². The summed E-state index contributed by atoms with van der Waals surface area (Å²) < 4.78 is 1.49. The number of hydrogen-bond donors (Lipinski definition) is 3. The number of nitrogens with two attached hydrogens (primary N) is 1. The highest BCUT2D eigenvalue weighted by molar-refractivity contribution is 5.97. The van der Waals surface area contributed by atoms with Gasteiger partial charge in [0.05, 0.1) is 18.3 Å². The van der Waals surface area contributed by atoms with Crippen LogP contribution in [0.3, 0.4) is 0 Å². The summed E-state index contributed by atoms with van der Waals surface area (Å²) in [4.78, 5) is 11.9. The number of aryl methyl sites for hydroxylation is 1. The molecule has 1 amide bonds. The maximum absolute atomic E-state index is 11.9. The highest BCUT2D eigenvalue weighted by Crippen LogP contribution is 2.10. The van der Waals surface area contributed by atoms with E-state index >= 15 is 0 Å². The van der Waals surface area contributed by atoms with E-state index in [4.69, 9.17) is 5.73 Å². The Kier molecular flexibility index (Phi) is 4.51. The number of anilines is 1. The fourth-order valence-electron chi connectivity index (χ4n) is 1.69. The minimum atomic E-state index is -0.345. The van der Waals surface area contributed by atoms with Crippen LogP contribution in [-0.2, 0) is 7.05 Å². The standard InChI is InChI=1S/C11H20N4O2/c1-7(2)4-8(6-16)13-11(17)10-9(12)5-15(3)14-10/h5,7-8,16H,4,6,12H2,1-3H3,(H,13,17). The highest BCUT2D eigenvalue weighted by atomic mass is 16.3. The van der Waals surface area contributed by atoms with Gasteiger partial charge in [-0.3, -0.25) is 9.48 Å². The number of nitrogen functional groups attached to an aromatic ring is 1. The van der Waals surface area contributed by atoms with E-state index in [1.807, 2.05) is 13.8 Å². The number of aliphatic hydroxyl groups excluding tert-OH is 1. The molecule has 6 heteroatoms. The van der Waals surface area contributed by atoms with Crippen LogP contribution >= 0.6 is 0 Å². The normalized spacial score (nSPS) is 12.8. The van der Waals surface area contributed by atoms with E-state index in [0.29, 0.717) is 11.6 Å². The maximum Gasteiger partial charge on any atom is 0.274 e. The third-order valence-corrected chi connectivity index (χ3v) is 2.38. The van der Waals surface area contributed by atoms with E-state index in [1.54, 1.807) is 13.2 Å². The third kappa shape index (κ3) is 3.74. The van der Waals surface area contributed by atoms with Crippen LogP contribution in [0.2, 0.25) is 0 Å². The maximum atomic E-state index is 11.9. The van der Waals surface area contributed by atoms with Crippen LogP contribution in [-0.4, -0.2) is 33.4 Å². The molecular formula is C11H20N4O2. The van der Waals surface area contributed by atoms with E-state index in [1.165, 1.54) is 4.68 Å². The zero-order chi connectivity index (χ0) is 13.0. The predicted octanol–water partition coefficient (Wildman–Crippen LogP) is 0.139. The number of carbonyl (C=O) groups excluding carboxylic acids is 1. The number of hydrogen-bond acceptors (Lipinski definition) is 4. The van der Waals surface area contributed by atoms with Gasteiger partial charge in [-0.05, 0) is 12.3 Å². The van der Waals surface area contributed by atoms with Crippen LogP contribution < -0.4 is 11.1 Å². The van der Waals surface area contributed by atoms with Gasteiger partial charge >= 0.3 is 0 Å². The van der Waals surface area contributed by atoms with E-state index < -0.39 is 0 Å². The third-order valence-electron chi connectivity index (χ3n) is 2.38. The van der Waals surface area contributed by atoms with Crippen molar-refractivity contribution < 1.29 is 9.90 Å². The average Bonchev–Trinajstić information content (AvgIpc) is 2.56. The number of amides is 1. The van der Waals surface area contributed by atoms with Crippen molar-refractivity contribution in [1.82, 2.24) is 15.1 Å². The number of aromatic nitrogens is 2. The fourth-order valence-corrected chi connectivity index (χ4v) is 1.69. The molecule has 6 nitrogen and oxygen atoms in total. The Morgan fingerprint density at radius 3 is 2.71 bits per heavy atom. The van der Waals surface area contributed by atoms with Gasteiger partial charge in [0.15, 0.2) is 5.69 Å². The van der Waals surface area contributed by atoms with Crippen LogP contribution in [0, 0.1) is 5.92 Å². The average molecular weight is 240 g/mol. The molecule has 0 saturated carbocycles. The summed E-state index contributed by atoms with van der Waals surface area (Å²) in [5.74, 6) is 0.0522. The zero-order valence-corrected chi connectivity index (χ0v) is 10.5. The Hall–Kier alpha value is -1.56. The first-order valence-corrected chi connectivity index (χ1v) is 5.64. The van der Waals surface area contributed by atoms with Gasteiger partial charge in [-0.2, -0.15) is 5.10 Å². The highest BCUT2D eigenvalue weighted by Gasteiger charge is 2.18. The molecule has 1 aromatic rings. The van der Waals surface area contributed by atoms with E-state index in [2.05, 4.69) is 10.4 Å². The number of rotatable bonds is 5. The monoisotopic (exact) mass is 240 g/mol. The van der Waals surface area contributed by atoms with Crippen molar-refractivity contribution in [1.29, 1.82) is 0 Å². The molecule has 0 saturated heterocycles. The van der Waals surface area contributed by atoms with Crippen molar-refractivity contribution in [3.8, 4) is 0 Å². The molecule has 0 aromatic carbocycles. The first-order chi connectivity index (χ1) is 7.93. The smallest absolute Gasteiger partial charge is 0.274 e. The fraction of sp³-hybridized carbons (Fsp3) is 0.636. The largest absolute Gasteiger partial charge is 0.396 e. The van der Waals surface area contributed by atoms with Crippen molar-refractivity contribution in [3.63, 3.8) is 0 Å². The molecule has 1 aromatic heterocycles. The first kappa shape index (κ1) is 13.5. The zero-order valence-electron chi connectivity index (χ0n) is 10.5. The quantitative estimate of drug-likeness (QED) is 0.682. The Bertz CT molecular complexity index is 387. The van der Waals surface area contributed by atoms with Crippen molar-refractivity contribution in [2.45, 2.75) is 26.3 Å². The molecule has 0 bridgehead atoms. The van der Waals surface area contributed by atoms with Gasteiger partial charge in [0.25, 0.3) is 5.91 Å². The molecule has 0 fully saturated rings. The van der Waals surface area contributed by atoms with Gasteiger partial charge in [-0.1, -0.05) is 13.8 Å². The molecule has 0 aliphatic rings. The lowest BCUT2D eigenvalue weighted by molar-refractivity contribution is 0.0903. The van der Waals surface area contributed by atoms with Crippen LogP contribution in [0.25, 0.3) is 0 Å². The molecular weight excluding hydrogens is 220 g/mol. The summed E-state index contributed by atoms with van der Waals surface area (Å²) in [5, 5.41) is 15.9. The molecule has 1 rings (SSSR count). The number of nitrogens with one attached hydrogen (secondary N) is 1. The molecule has 1 unspecified atom stereocenters. The summed E-state index contributed by atoms with van der Waals surface area (Å²) in [6.07, 6.45) is 2.29. The molecule has 17 heavy (non-hydrogen) atoms. The van der Waals surface area contributed by atoms with Gasteiger partial charge in [0, 0.05) is 13.2 Å². The predicted molar refractivity (Wildman–Crippen MR) is 65.4 cm³/mol. The number of carbonyl (C=O) groups is 1. The summed E-state index contributed by atoms with van der Waals surface area (Å²) in [6, 6.07) is -0.260. The molecule has 0 aliphatic carbocycles. The minimum Gasteiger partial charge on any atom is -0.396 e. The van der Waals surface area contributed by atoms with Crippen molar-refractivity contribution >= 4 is 11.6 Å². The molecule has 0 radical (unpaired) electrons. The van der Waals surface area contributed by atoms with Crippen molar-refractivity contribution in [2.75, 3.05) is 12.3 Å². The molecule has 96 valence electrons. The van der Waals surface area contributed by atoms with Gasteiger partial charge < -0.3 is 16.2 Å². The molecule has 0 aliphatic heterocycles. The lowest BCUT2D eigenvalue weighted by Crippen LogP contribution is -2.38. The minimum absolute atomic E-state index is 0.0866. The van der Waals surface area contributed by atoms with E-state index in [-0.39, 0.29) is 24.2 Å². The Morgan fingerprint density at radius 2 is 2.29 bits per heavy atom. The SMILES string of the molecule is CC(C)CC(CO)NC(=O)c1nn(C)cc1N. The Morgan fingerprint density at radius 1 is 1.65 bits per heavy atom. The van der Waals surface area contributed by atoms with Crippen molar-refractivity contribution in [2.24, 2.45) is 13.0 Å². The second kappa shape index (κ2) is 5.67. The second-order valence-electron chi connectivity index (χ2n) is 4.59. The summed E-state index contributed by atoms with van der Waals surface area (Å²) in [5.41, 5.74) is 6.20. The van der Waals surface area contributed by atoms with Crippen LogP contribution in [0.1, 0.15) is 30.8 Å². The van der Waals surface area contributed by atoms with Gasteiger partial charge in [0.1, 0.15) is 0 Å². The van der Waals surface area contributed by atoms with Crippen molar-refractivity contribution in [3.05, 3.63) is 11.9 Å². The topological polar surface area (TPSA) is 93.2 Å². The summed E-state index contributed by atoms with van der Waals surface area (Å²) in [6.45, 7) is 3.98. The van der Waals surface area contributed by atoms with E-state index in [0.717, 1.165) is 6.42 Å². The number of aliphatic hydroxyl groups is 1. The Balaban J connectivity index is 2.67. The second-order valence-corrected chi connectivity index (χ2v) is 4.59. The lowest BCUT2D eigenvalue weighted by atomic mass is 10.0. The number of nitrogens with zero attached hydrogens (tertiary/aromatic N) is 2. The summed E-state index contributed by atoms with van der Waals surface area (Å²) in [7, 11) is 1.70. The molecule has 4 N–H and O–H groups in total. The van der Waals surface area contributed by atoms with E-state index in [9.17, 15) is 9.90 Å². The molecule has 1 heterocycles. The van der Waals surface area contributed by atoms with Crippen LogP contribution in [0.5, 0.6) is 0 Å². The van der Waals surface area contributed by atoms with Crippen LogP contribution in [0.4, 0.5) is 5.69 Å².